The number of methoxy groups -OCH3 is 2. The molecule has 0 saturated carbocycles. The summed E-state index contributed by atoms with van der Waals surface area (Å²) in [6.45, 7) is 5.99. The molecule has 2 aliphatic rings. The molecule has 6 heteroatoms. The average Bonchev–Trinajstić information content (AvgIpc) is 3.09. The van der Waals surface area contributed by atoms with Gasteiger partial charge in [-0.15, -0.1) is 0 Å². The van der Waals surface area contributed by atoms with Gasteiger partial charge in [0.15, 0.2) is 0 Å². The molecule has 6 rings (SSSR count). The van der Waals surface area contributed by atoms with E-state index in [-0.39, 0.29) is 11.3 Å². The number of hydrogen-bond acceptors (Lipinski definition) is 5. The van der Waals surface area contributed by atoms with Gasteiger partial charge in [-0.3, -0.25) is 9.69 Å². The van der Waals surface area contributed by atoms with Gasteiger partial charge in [-0.2, -0.15) is 0 Å². The number of para-hydroxylation sites is 1. The molecule has 4 aromatic rings. The lowest BCUT2D eigenvalue weighted by atomic mass is 9.69. The average molecular weight is 576 g/mol. The van der Waals surface area contributed by atoms with Gasteiger partial charge >= 0.3 is 0 Å². The Balaban J connectivity index is 1.14. The molecular weight excluding hydrogens is 534 g/mol. The summed E-state index contributed by atoms with van der Waals surface area (Å²) in [5.74, 6) is 1.86. The van der Waals surface area contributed by atoms with Crippen molar-refractivity contribution in [1.82, 2.24) is 9.80 Å². The third kappa shape index (κ3) is 6.25. The molecule has 2 heterocycles. The Bertz CT molecular complexity index is 1430. The van der Waals surface area contributed by atoms with Crippen LogP contribution in [0.5, 0.6) is 11.5 Å². The van der Waals surface area contributed by atoms with Gasteiger partial charge in [0, 0.05) is 55.9 Å². The number of benzene rings is 4. The lowest BCUT2D eigenvalue weighted by Gasteiger charge is -2.44. The quantitative estimate of drug-likeness (QED) is 0.249. The zero-order valence-corrected chi connectivity index (χ0v) is 25.2. The van der Waals surface area contributed by atoms with E-state index in [9.17, 15) is 4.79 Å². The van der Waals surface area contributed by atoms with E-state index in [1.165, 1.54) is 22.4 Å². The number of ether oxygens (including phenoxy) is 2. The van der Waals surface area contributed by atoms with Crippen LogP contribution < -0.4 is 14.4 Å². The van der Waals surface area contributed by atoms with Crippen molar-refractivity contribution >= 4 is 11.6 Å². The van der Waals surface area contributed by atoms with Gasteiger partial charge in [0.05, 0.1) is 14.2 Å². The molecule has 2 saturated heterocycles. The first-order chi connectivity index (χ1) is 21.1. The number of anilines is 1. The highest BCUT2D eigenvalue weighted by Crippen LogP contribution is 2.42. The maximum Gasteiger partial charge on any atom is 0.253 e. The number of amides is 1. The Morgan fingerprint density at radius 2 is 1.28 bits per heavy atom. The van der Waals surface area contributed by atoms with Gasteiger partial charge in [0.2, 0.25) is 0 Å². The molecule has 222 valence electrons. The van der Waals surface area contributed by atoms with Gasteiger partial charge in [-0.1, -0.05) is 54.6 Å². The third-order valence-corrected chi connectivity index (χ3v) is 9.15. The van der Waals surface area contributed by atoms with E-state index in [2.05, 4.69) is 94.7 Å². The molecule has 43 heavy (non-hydrogen) atoms. The van der Waals surface area contributed by atoms with E-state index in [1.807, 2.05) is 23.1 Å². The van der Waals surface area contributed by atoms with Gasteiger partial charge in [-0.25, -0.2) is 0 Å². The van der Waals surface area contributed by atoms with Crippen molar-refractivity contribution in [3.05, 3.63) is 125 Å². The fourth-order valence-electron chi connectivity index (χ4n) is 6.74. The van der Waals surface area contributed by atoms with Crippen molar-refractivity contribution in [3.63, 3.8) is 0 Å². The summed E-state index contributed by atoms with van der Waals surface area (Å²) >= 11 is 0. The van der Waals surface area contributed by atoms with Crippen molar-refractivity contribution < 1.29 is 14.3 Å². The van der Waals surface area contributed by atoms with Crippen LogP contribution in [0.3, 0.4) is 0 Å². The Hall–Kier alpha value is -4.29. The van der Waals surface area contributed by atoms with Crippen molar-refractivity contribution in [3.8, 4) is 11.5 Å². The number of carbonyl (C=O) groups excluding carboxylic acids is 1. The second-order valence-corrected chi connectivity index (χ2v) is 11.7. The largest absolute Gasteiger partial charge is 0.497 e. The van der Waals surface area contributed by atoms with Crippen LogP contribution in [-0.2, 0) is 12.0 Å². The van der Waals surface area contributed by atoms with E-state index < -0.39 is 0 Å². The molecule has 1 amide bonds. The van der Waals surface area contributed by atoms with Crippen LogP contribution in [0.4, 0.5) is 5.69 Å². The topological polar surface area (TPSA) is 45.3 Å². The minimum absolute atomic E-state index is 0.121. The maximum atomic E-state index is 13.3. The Kier molecular flexibility index (Phi) is 8.66. The fourth-order valence-corrected chi connectivity index (χ4v) is 6.74. The molecule has 6 nitrogen and oxygen atoms in total. The van der Waals surface area contributed by atoms with Crippen LogP contribution in [0.1, 0.15) is 39.9 Å². The molecule has 0 unspecified atom stereocenters. The second kappa shape index (κ2) is 12.9. The molecule has 0 aromatic heterocycles. The monoisotopic (exact) mass is 575 g/mol. The highest BCUT2D eigenvalue weighted by molar-refractivity contribution is 5.94. The van der Waals surface area contributed by atoms with Gasteiger partial charge in [0.1, 0.15) is 11.5 Å². The lowest BCUT2D eigenvalue weighted by Crippen LogP contribution is -2.48. The Labute approximate surface area is 255 Å². The van der Waals surface area contributed by atoms with Crippen LogP contribution in [0, 0.1) is 0 Å². The molecule has 2 aliphatic heterocycles. The number of carbonyl (C=O) groups is 1. The number of piperazine rings is 1. The minimum atomic E-state index is -0.130. The summed E-state index contributed by atoms with van der Waals surface area (Å²) in [6, 6.07) is 35.8. The van der Waals surface area contributed by atoms with Crippen molar-refractivity contribution in [1.29, 1.82) is 0 Å². The summed E-state index contributed by atoms with van der Waals surface area (Å²) in [5, 5.41) is 0. The first kappa shape index (κ1) is 28.8. The number of likely N-dealkylation sites (tertiary alicyclic amines) is 1. The van der Waals surface area contributed by atoms with E-state index in [4.69, 9.17) is 9.47 Å². The van der Waals surface area contributed by atoms with Crippen molar-refractivity contribution in [2.75, 3.05) is 58.4 Å². The molecule has 0 N–H and O–H groups in total. The van der Waals surface area contributed by atoms with Crippen molar-refractivity contribution in [2.24, 2.45) is 0 Å². The van der Waals surface area contributed by atoms with E-state index >= 15 is 0 Å². The number of nitrogens with zero attached hydrogens (tertiary/aromatic N) is 3. The fraction of sp³-hybridized carbons (Fsp3) is 0.324. The second-order valence-electron chi connectivity index (χ2n) is 11.7. The Morgan fingerprint density at radius 3 is 1.84 bits per heavy atom. The first-order valence-electron chi connectivity index (χ1n) is 15.3. The molecular formula is C37H41N3O3. The van der Waals surface area contributed by atoms with E-state index in [1.54, 1.807) is 14.2 Å². The molecule has 0 bridgehead atoms. The molecule has 0 radical (unpaired) electrons. The summed E-state index contributed by atoms with van der Waals surface area (Å²) in [4.78, 5) is 20.2. The number of hydrogen-bond donors (Lipinski definition) is 0. The molecule has 0 atom stereocenters. The first-order valence-corrected chi connectivity index (χ1v) is 15.3. The number of rotatable bonds is 8. The molecule has 4 aromatic carbocycles. The molecule has 0 aliphatic carbocycles. The zero-order chi connectivity index (χ0) is 29.6. The standard InChI is InChI=1S/C37H41N3O3/c1-42-34-17-13-31(14-18-34)37(32-15-19-35(43-2)20-16-32)21-6-22-38(28-37)27-29-9-11-30(12-10-29)36(41)40-25-23-39(24-26-40)33-7-4-3-5-8-33/h3-5,7-20H,6,21-28H2,1-2H3. The summed E-state index contributed by atoms with van der Waals surface area (Å²) in [7, 11) is 3.42. The Morgan fingerprint density at radius 1 is 0.698 bits per heavy atom. The normalized spacial score (nSPS) is 17.0. The smallest absolute Gasteiger partial charge is 0.253 e. The third-order valence-electron chi connectivity index (χ3n) is 9.15. The van der Waals surface area contributed by atoms with Gasteiger partial charge < -0.3 is 19.3 Å². The van der Waals surface area contributed by atoms with E-state index in [0.717, 1.165) is 75.7 Å². The summed E-state index contributed by atoms with van der Waals surface area (Å²) in [5.41, 5.74) is 5.69. The molecule has 2 fully saturated rings. The van der Waals surface area contributed by atoms with Crippen LogP contribution >= 0.6 is 0 Å². The summed E-state index contributed by atoms with van der Waals surface area (Å²) in [6.07, 6.45) is 2.18. The summed E-state index contributed by atoms with van der Waals surface area (Å²) < 4.78 is 10.9. The predicted octanol–water partition coefficient (Wildman–Crippen LogP) is 6.25. The van der Waals surface area contributed by atoms with Gasteiger partial charge in [-0.05, 0) is 84.6 Å². The number of piperidine rings is 1. The van der Waals surface area contributed by atoms with Crippen LogP contribution in [-0.4, -0.2) is 69.2 Å². The van der Waals surface area contributed by atoms with Crippen molar-refractivity contribution in [2.45, 2.75) is 24.8 Å². The maximum absolute atomic E-state index is 13.3. The predicted molar refractivity (Wildman–Crippen MR) is 172 cm³/mol. The van der Waals surface area contributed by atoms with Crippen LogP contribution in [0.25, 0.3) is 0 Å². The molecule has 0 spiro atoms. The van der Waals surface area contributed by atoms with Crippen LogP contribution in [0.15, 0.2) is 103 Å². The SMILES string of the molecule is COc1ccc(C2(c3ccc(OC)cc3)CCCN(Cc3ccc(C(=O)N4CCN(c5ccccc5)CC4)cc3)C2)cc1. The zero-order valence-electron chi connectivity index (χ0n) is 25.2. The highest BCUT2D eigenvalue weighted by atomic mass is 16.5. The minimum Gasteiger partial charge on any atom is -0.497 e. The highest BCUT2D eigenvalue weighted by Gasteiger charge is 2.39. The lowest BCUT2D eigenvalue weighted by molar-refractivity contribution is 0.0746. The van der Waals surface area contributed by atoms with Gasteiger partial charge in [0.25, 0.3) is 5.91 Å². The van der Waals surface area contributed by atoms with E-state index in [0.29, 0.717) is 0 Å². The van der Waals surface area contributed by atoms with Crippen LogP contribution in [0.2, 0.25) is 0 Å².